The van der Waals surface area contributed by atoms with Gasteiger partial charge in [0.1, 0.15) is 18.1 Å². The molecular weight excluding hydrogens is 418 g/mol. The third-order valence-corrected chi connectivity index (χ3v) is 5.75. The van der Waals surface area contributed by atoms with Crippen LogP contribution in [0.25, 0.3) is 16.9 Å². The molecule has 0 radical (unpaired) electrons. The fourth-order valence-corrected chi connectivity index (χ4v) is 4.13. The fraction of sp³-hybridized carbons (Fsp3) is 0.273. The number of benzene rings is 1. The minimum absolute atomic E-state index is 0.0546. The third-order valence-electron chi connectivity index (χ3n) is 5.75. The highest BCUT2D eigenvalue weighted by molar-refractivity contribution is 6.01. The lowest BCUT2D eigenvalue weighted by Crippen LogP contribution is -2.45. The Kier molecular flexibility index (Phi) is 4.83. The summed E-state index contributed by atoms with van der Waals surface area (Å²) in [5.74, 6) is -0.400. The molecule has 32 heavy (non-hydrogen) atoms. The number of fused-ring (bicyclic) bond motifs is 1. The van der Waals surface area contributed by atoms with Crippen LogP contribution in [0.15, 0.2) is 36.5 Å². The van der Waals surface area contributed by atoms with Crippen molar-refractivity contribution in [2.75, 3.05) is 18.0 Å². The first-order valence-electron chi connectivity index (χ1n) is 10.1. The van der Waals surface area contributed by atoms with Crippen molar-refractivity contribution in [2.24, 2.45) is 0 Å². The summed E-state index contributed by atoms with van der Waals surface area (Å²) in [6, 6.07) is 9.41. The largest absolute Gasteiger partial charge is 0.388 e. The highest BCUT2D eigenvalue weighted by Crippen LogP contribution is 2.32. The second-order valence-electron chi connectivity index (χ2n) is 7.74. The number of amides is 1. The summed E-state index contributed by atoms with van der Waals surface area (Å²) in [5, 5.41) is 26.5. The van der Waals surface area contributed by atoms with Gasteiger partial charge in [-0.25, -0.2) is 18.4 Å². The van der Waals surface area contributed by atoms with Gasteiger partial charge in [-0.15, -0.1) is 0 Å². The maximum atomic E-state index is 14.6. The van der Waals surface area contributed by atoms with Crippen molar-refractivity contribution in [3.63, 3.8) is 0 Å². The van der Waals surface area contributed by atoms with Crippen molar-refractivity contribution in [1.29, 1.82) is 5.26 Å². The first kappa shape index (κ1) is 20.1. The first-order chi connectivity index (χ1) is 15.5. The zero-order valence-corrected chi connectivity index (χ0v) is 16.8. The topological polar surface area (TPSA) is 107 Å². The number of carbonyl (C=O) groups is 1. The molecule has 8 nitrogen and oxygen atoms in total. The molecule has 1 saturated heterocycles. The molecule has 2 N–H and O–H groups in total. The number of nitriles is 1. The van der Waals surface area contributed by atoms with Gasteiger partial charge >= 0.3 is 0 Å². The average molecular weight is 436 g/mol. The molecule has 0 saturated carbocycles. The molecule has 0 unspecified atom stereocenters. The van der Waals surface area contributed by atoms with Gasteiger partial charge < -0.3 is 15.3 Å². The highest BCUT2D eigenvalue weighted by Gasteiger charge is 2.30. The van der Waals surface area contributed by atoms with Crippen LogP contribution in [-0.2, 0) is 6.54 Å². The van der Waals surface area contributed by atoms with E-state index in [2.05, 4.69) is 15.4 Å². The van der Waals surface area contributed by atoms with Crippen LogP contribution in [0.2, 0.25) is 0 Å². The van der Waals surface area contributed by atoms with Gasteiger partial charge in [0.25, 0.3) is 5.91 Å². The standard InChI is InChI=1S/C22H18F2N6O2/c23-13-4-6-29(11-18(13)31)19-5-7-30(28-19)17-8-15(27-16-10-26-22(32)21(16)17)20-12(9-25)2-1-3-14(20)24/h1-3,5,7-8,13,18,31H,4,6,10-11H2,(H,26,32)/t13-,18+/m1/s1. The first-order valence-corrected chi connectivity index (χ1v) is 10.1. The summed E-state index contributed by atoms with van der Waals surface area (Å²) in [6.07, 6.45) is -0.531. The zero-order valence-electron chi connectivity index (χ0n) is 16.8. The van der Waals surface area contributed by atoms with Crippen LogP contribution in [-0.4, -0.2) is 51.1 Å². The molecule has 1 fully saturated rings. The molecule has 1 aromatic carbocycles. The molecule has 2 aromatic heterocycles. The number of hydrogen-bond acceptors (Lipinski definition) is 6. The van der Waals surface area contributed by atoms with Crippen LogP contribution in [0.1, 0.15) is 28.0 Å². The van der Waals surface area contributed by atoms with E-state index in [-0.39, 0.29) is 42.2 Å². The molecule has 0 aliphatic carbocycles. The Morgan fingerprint density at radius 2 is 2.12 bits per heavy atom. The number of halogens is 2. The van der Waals surface area contributed by atoms with Gasteiger partial charge in [-0.1, -0.05) is 6.07 Å². The van der Waals surface area contributed by atoms with Crippen LogP contribution < -0.4 is 10.2 Å². The van der Waals surface area contributed by atoms with Gasteiger partial charge in [0.2, 0.25) is 0 Å². The van der Waals surface area contributed by atoms with E-state index in [1.807, 2.05) is 6.07 Å². The molecule has 4 heterocycles. The number of carbonyl (C=O) groups excluding carboxylic acids is 1. The zero-order chi connectivity index (χ0) is 22.4. The summed E-state index contributed by atoms with van der Waals surface area (Å²) in [4.78, 5) is 18.7. The Morgan fingerprint density at radius 3 is 2.91 bits per heavy atom. The van der Waals surface area contributed by atoms with Crippen LogP contribution in [0, 0.1) is 17.1 Å². The number of anilines is 1. The number of aliphatic hydroxyl groups is 1. The molecule has 10 heteroatoms. The van der Waals surface area contributed by atoms with E-state index in [0.717, 1.165) is 0 Å². The summed E-state index contributed by atoms with van der Waals surface area (Å²) < 4.78 is 29.7. The van der Waals surface area contributed by atoms with E-state index in [4.69, 9.17) is 0 Å². The average Bonchev–Trinajstić information content (AvgIpc) is 3.42. The van der Waals surface area contributed by atoms with E-state index in [0.29, 0.717) is 29.3 Å². The highest BCUT2D eigenvalue weighted by atomic mass is 19.1. The molecule has 0 bridgehead atoms. The van der Waals surface area contributed by atoms with Gasteiger partial charge in [-0.2, -0.15) is 10.4 Å². The smallest absolute Gasteiger partial charge is 0.255 e. The normalized spacial score (nSPS) is 20.1. The number of alkyl halides is 1. The summed E-state index contributed by atoms with van der Waals surface area (Å²) in [7, 11) is 0. The van der Waals surface area contributed by atoms with Crippen molar-refractivity contribution in [3.8, 4) is 23.0 Å². The maximum Gasteiger partial charge on any atom is 0.255 e. The molecule has 162 valence electrons. The summed E-state index contributed by atoms with van der Waals surface area (Å²) in [5.41, 5.74) is 1.54. The van der Waals surface area contributed by atoms with Crippen LogP contribution in [0.4, 0.5) is 14.6 Å². The summed E-state index contributed by atoms with van der Waals surface area (Å²) >= 11 is 0. The van der Waals surface area contributed by atoms with Crippen molar-refractivity contribution in [1.82, 2.24) is 20.1 Å². The van der Waals surface area contributed by atoms with E-state index < -0.39 is 18.1 Å². The summed E-state index contributed by atoms with van der Waals surface area (Å²) in [6.45, 7) is 0.686. The number of pyridine rings is 1. The Balaban J connectivity index is 1.61. The van der Waals surface area contributed by atoms with Gasteiger partial charge in [-0.05, 0) is 24.6 Å². The second-order valence-corrected chi connectivity index (χ2v) is 7.74. The van der Waals surface area contributed by atoms with Crippen LogP contribution in [0.5, 0.6) is 0 Å². The number of nitrogens with one attached hydrogen (secondary N) is 1. The fourth-order valence-electron chi connectivity index (χ4n) is 4.13. The quantitative estimate of drug-likeness (QED) is 0.651. The van der Waals surface area contributed by atoms with E-state index >= 15 is 0 Å². The van der Waals surface area contributed by atoms with Gasteiger partial charge in [0.15, 0.2) is 5.82 Å². The molecular formula is C22H18F2N6O2. The lowest BCUT2D eigenvalue weighted by Gasteiger charge is -2.32. The Bertz CT molecular complexity index is 1270. The number of piperidine rings is 1. The van der Waals surface area contributed by atoms with E-state index in [1.54, 1.807) is 17.2 Å². The molecule has 2 aliphatic rings. The third kappa shape index (κ3) is 3.27. The van der Waals surface area contributed by atoms with Gasteiger partial charge in [0.05, 0.1) is 46.4 Å². The number of rotatable bonds is 3. The molecule has 5 rings (SSSR count). The minimum Gasteiger partial charge on any atom is -0.388 e. The van der Waals surface area contributed by atoms with E-state index in [9.17, 15) is 23.9 Å². The number of β-amino-alcohol motifs (C(OH)–C–C–N with tert-alkyl or cyclic N) is 1. The predicted molar refractivity (Wildman–Crippen MR) is 110 cm³/mol. The van der Waals surface area contributed by atoms with Gasteiger partial charge in [0, 0.05) is 25.4 Å². The maximum absolute atomic E-state index is 14.6. The van der Waals surface area contributed by atoms with Gasteiger partial charge in [-0.3, -0.25) is 4.79 Å². The molecule has 0 spiro atoms. The van der Waals surface area contributed by atoms with Crippen molar-refractivity contribution >= 4 is 11.7 Å². The minimum atomic E-state index is -1.27. The molecule has 1 amide bonds. The Morgan fingerprint density at radius 1 is 1.28 bits per heavy atom. The van der Waals surface area contributed by atoms with Crippen molar-refractivity contribution in [2.45, 2.75) is 25.2 Å². The second kappa shape index (κ2) is 7.69. The molecule has 2 atom stereocenters. The number of aromatic nitrogens is 3. The van der Waals surface area contributed by atoms with E-state index in [1.165, 1.54) is 28.9 Å². The number of nitrogens with zero attached hydrogens (tertiary/aromatic N) is 5. The van der Waals surface area contributed by atoms with Crippen molar-refractivity contribution < 1.29 is 18.7 Å². The Labute approximate surface area is 181 Å². The molecule has 3 aromatic rings. The van der Waals surface area contributed by atoms with Crippen LogP contribution in [0.3, 0.4) is 0 Å². The monoisotopic (exact) mass is 436 g/mol. The molecule has 2 aliphatic heterocycles. The predicted octanol–water partition coefficient (Wildman–Crippen LogP) is 2.10. The number of aliphatic hydroxyl groups excluding tert-OH is 1. The van der Waals surface area contributed by atoms with Crippen molar-refractivity contribution in [3.05, 3.63) is 59.2 Å². The SMILES string of the molecule is N#Cc1cccc(F)c1-c1cc(-n2ccc(N3CC[C@@H](F)[C@@H](O)C3)n2)c2c(n1)CNC2=O. The lowest BCUT2D eigenvalue weighted by molar-refractivity contribution is 0.0642. The Hall–Kier alpha value is -3.84. The van der Waals surface area contributed by atoms with Crippen LogP contribution >= 0.6 is 0 Å². The number of hydrogen-bond donors (Lipinski definition) is 2. The lowest BCUT2D eigenvalue weighted by atomic mass is 10.0.